The highest BCUT2D eigenvalue weighted by atomic mass is 16.5. The molecule has 0 aliphatic heterocycles. The summed E-state index contributed by atoms with van der Waals surface area (Å²) in [6, 6.07) is 5.95. The molecule has 3 aromatic rings. The Labute approximate surface area is 117 Å². The average molecular weight is 271 g/mol. The topological polar surface area (TPSA) is 59.5 Å². The molecule has 0 bridgehead atoms. The second-order valence-electron chi connectivity index (χ2n) is 4.77. The van der Waals surface area contributed by atoms with Crippen LogP contribution in [0.4, 0.5) is 5.95 Å². The van der Waals surface area contributed by atoms with Crippen LogP contribution in [0.15, 0.2) is 35.1 Å². The van der Waals surface area contributed by atoms with E-state index in [9.17, 15) is 0 Å². The normalized spacial score (nSPS) is 11.1. The van der Waals surface area contributed by atoms with Crippen LogP contribution < -0.4 is 4.90 Å². The zero-order chi connectivity index (χ0) is 13.9. The number of anilines is 1. The smallest absolute Gasteiger partial charge is 0.266 e. The van der Waals surface area contributed by atoms with Gasteiger partial charge in [0.05, 0.1) is 18.4 Å². The van der Waals surface area contributed by atoms with E-state index >= 15 is 0 Å². The second-order valence-corrected chi connectivity index (χ2v) is 4.77. The number of rotatable bonds is 5. The van der Waals surface area contributed by atoms with Crippen LogP contribution in [0.25, 0.3) is 5.65 Å². The standard InChI is InChI=1S/C14H17N5O/c1-3-6-13-16-14(17-20-13)18(2)10-11-9-15-12-7-4-5-8-19(11)12/h4-5,7-9H,3,6,10H2,1-2H3. The van der Waals surface area contributed by atoms with Crippen molar-refractivity contribution in [2.24, 2.45) is 0 Å². The molecule has 0 amide bonds. The Hall–Kier alpha value is -2.37. The van der Waals surface area contributed by atoms with Gasteiger partial charge in [-0.2, -0.15) is 4.98 Å². The first-order valence-corrected chi connectivity index (χ1v) is 6.72. The predicted molar refractivity (Wildman–Crippen MR) is 75.6 cm³/mol. The highest BCUT2D eigenvalue weighted by Gasteiger charge is 2.12. The first kappa shape index (κ1) is 12.7. The molecule has 0 aliphatic carbocycles. The Morgan fingerprint density at radius 2 is 2.25 bits per heavy atom. The SMILES string of the molecule is CCCc1nc(N(C)Cc2cnc3ccccn23)no1. The maximum absolute atomic E-state index is 5.21. The Balaban J connectivity index is 1.79. The lowest BCUT2D eigenvalue weighted by Gasteiger charge is -2.13. The number of aromatic nitrogens is 4. The van der Waals surface area contributed by atoms with Gasteiger partial charge < -0.3 is 13.8 Å². The summed E-state index contributed by atoms with van der Waals surface area (Å²) in [6.45, 7) is 2.77. The first-order chi connectivity index (χ1) is 9.78. The van der Waals surface area contributed by atoms with Gasteiger partial charge in [0.25, 0.3) is 5.95 Å². The third kappa shape index (κ3) is 2.36. The number of imidazole rings is 1. The van der Waals surface area contributed by atoms with Crippen LogP contribution in [0.5, 0.6) is 0 Å². The summed E-state index contributed by atoms with van der Waals surface area (Å²) in [6.07, 6.45) is 5.69. The van der Waals surface area contributed by atoms with E-state index in [0.29, 0.717) is 18.4 Å². The fourth-order valence-electron chi connectivity index (χ4n) is 2.13. The van der Waals surface area contributed by atoms with E-state index in [4.69, 9.17) is 4.52 Å². The molecule has 0 saturated carbocycles. The highest BCUT2D eigenvalue weighted by molar-refractivity contribution is 5.41. The van der Waals surface area contributed by atoms with Gasteiger partial charge in [-0.05, 0) is 23.7 Å². The molecule has 0 aliphatic rings. The average Bonchev–Trinajstić information content (AvgIpc) is 3.07. The van der Waals surface area contributed by atoms with Crippen LogP contribution in [-0.4, -0.2) is 26.6 Å². The molecular weight excluding hydrogens is 254 g/mol. The van der Waals surface area contributed by atoms with Crippen molar-refractivity contribution in [2.75, 3.05) is 11.9 Å². The summed E-state index contributed by atoms with van der Waals surface area (Å²) in [5.74, 6) is 1.30. The molecule has 20 heavy (non-hydrogen) atoms. The van der Waals surface area contributed by atoms with Crippen molar-refractivity contribution < 1.29 is 4.52 Å². The summed E-state index contributed by atoms with van der Waals surface area (Å²) in [4.78, 5) is 10.7. The molecule has 3 rings (SSSR count). The highest BCUT2D eigenvalue weighted by Crippen LogP contribution is 2.13. The van der Waals surface area contributed by atoms with E-state index in [1.165, 1.54) is 0 Å². The largest absolute Gasteiger partial charge is 0.337 e. The molecule has 0 fully saturated rings. The monoisotopic (exact) mass is 271 g/mol. The van der Waals surface area contributed by atoms with Crippen molar-refractivity contribution >= 4 is 11.6 Å². The number of pyridine rings is 1. The number of nitrogens with zero attached hydrogens (tertiary/aromatic N) is 5. The van der Waals surface area contributed by atoms with Crippen LogP contribution in [-0.2, 0) is 13.0 Å². The maximum atomic E-state index is 5.21. The molecule has 0 saturated heterocycles. The zero-order valence-electron chi connectivity index (χ0n) is 11.7. The Bertz CT molecular complexity index is 702. The lowest BCUT2D eigenvalue weighted by Crippen LogP contribution is -2.18. The van der Waals surface area contributed by atoms with E-state index in [1.54, 1.807) is 0 Å². The lowest BCUT2D eigenvalue weighted by atomic mass is 10.3. The van der Waals surface area contributed by atoms with E-state index in [-0.39, 0.29) is 0 Å². The predicted octanol–water partition coefficient (Wildman–Crippen LogP) is 2.31. The fraction of sp³-hybridized carbons (Fsp3) is 0.357. The second kappa shape index (κ2) is 5.32. The van der Waals surface area contributed by atoms with Gasteiger partial charge in [0.1, 0.15) is 5.65 Å². The van der Waals surface area contributed by atoms with Gasteiger partial charge in [0, 0.05) is 19.7 Å². The van der Waals surface area contributed by atoms with Crippen LogP contribution in [0, 0.1) is 0 Å². The molecule has 0 unspecified atom stereocenters. The summed E-state index contributed by atoms with van der Waals surface area (Å²) < 4.78 is 7.27. The third-order valence-corrected chi connectivity index (χ3v) is 3.16. The van der Waals surface area contributed by atoms with E-state index < -0.39 is 0 Å². The van der Waals surface area contributed by atoms with Crippen molar-refractivity contribution in [3.63, 3.8) is 0 Å². The van der Waals surface area contributed by atoms with Crippen molar-refractivity contribution in [1.82, 2.24) is 19.5 Å². The Morgan fingerprint density at radius 1 is 1.35 bits per heavy atom. The van der Waals surface area contributed by atoms with Crippen LogP contribution in [0.3, 0.4) is 0 Å². The van der Waals surface area contributed by atoms with Crippen LogP contribution in [0.2, 0.25) is 0 Å². The molecule has 0 N–H and O–H groups in total. The van der Waals surface area contributed by atoms with Gasteiger partial charge in [-0.25, -0.2) is 4.98 Å². The van der Waals surface area contributed by atoms with Crippen molar-refractivity contribution in [1.29, 1.82) is 0 Å². The van der Waals surface area contributed by atoms with Gasteiger partial charge in [-0.15, -0.1) is 0 Å². The molecule has 0 atom stereocenters. The van der Waals surface area contributed by atoms with Crippen molar-refractivity contribution in [2.45, 2.75) is 26.3 Å². The van der Waals surface area contributed by atoms with Crippen molar-refractivity contribution in [3.05, 3.63) is 42.2 Å². The molecule has 0 radical (unpaired) electrons. The van der Waals surface area contributed by atoms with E-state index in [2.05, 4.69) is 26.4 Å². The number of fused-ring (bicyclic) bond motifs is 1. The van der Waals surface area contributed by atoms with E-state index in [0.717, 1.165) is 24.2 Å². The van der Waals surface area contributed by atoms with Gasteiger partial charge in [-0.3, -0.25) is 0 Å². The molecule has 0 spiro atoms. The number of hydrogen-bond acceptors (Lipinski definition) is 5. The molecule has 3 heterocycles. The number of hydrogen-bond donors (Lipinski definition) is 0. The minimum atomic E-state index is 0.610. The molecular formula is C14H17N5O. The minimum Gasteiger partial charge on any atom is -0.337 e. The molecule has 6 nitrogen and oxygen atoms in total. The molecule has 6 heteroatoms. The van der Waals surface area contributed by atoms with Crippen molar-refractivity contribution in [3.8, 4) is 0 Å². The van der Waals surface area contributed by atoms with Gasteiger partial charge in [-0.1, -0.05) is 13.0 Å². The Morgan fingerprint density at radius 3 is 3.10 bits per heavy atom. The maximum Gasteiger partial charge on any atom is 0.266 e. The first-order valence-electron chi connectivity index (χ1n) is 6.72. The van der Waals surface area contributed by atoms with Gasteiger partial charge >= 0.3 is 0 Å². The Kier molecular flexibility index (Phi) is 3.37. The third-order valence-electron chi connectivity index (χ3n) is 3.16. The summed E-state index contributed by atoms with van der Waals surface area (Å²) >= 11 is 0. The van der Waals surface area contributed by atoms with E-state index in [1.807, 2.05) is 42.5 Å². The van der Waals surface area contributed by atoms with Crippen LogP contribution in [0.1, 0.15) is 24.9 Å². The summed E-state index contributed by atoms with van der Waals surface area (Å²) in [5, 5.41) is 4.01. The summed E-state index contributed by atoms with van der Waals surface area (Å²) in [5.41, 5.74) is 2.03. The molecule has 3 aromatic heterocycles. The van der Waals surface area contributed by atoms with Gasteiger partial charge in [0.2, 0.25) is 5.89 Å². The zero-order valence-corrected chi connectivity index (χ0v) is 11.7. The molecule has 0 aromatic carbocycles. The summed E-state index contributed by atoms with van der Waals surface area (Å²) in [7, 11) is 1.95. The number of aryl methyl sites for hydroxylation is 1. The minimum absolute atomic E-state index is 0.610. The van der Waals surface area contributed by atoms with Gasteiger partial charge in [0.15, 0.2) is 0 Å². The lowest BCUT2D eigenvalue weighted by molar-refractivity contribution is 0.376. The fourth-order valence-corrected chi connectivity index (χ4v) is 2.13. The molecule has 104 valence electrons. The quantitative estimate of drug-likeness (QED) is 0.712. The van der Waals surface area contributed by atoms with Crippen LogP contribution >= 0.6 is 0 Å².